The van der Waals surface area contributed by atoms with Gasteiger partial charge in [0, 0.05) is 19.0 Å². The van der Waals surface area contributed by atoms with Crippen molar-refractivity contribution in [2.24, 2.45) is 0 Å². The van der Waals surface area contributed by atoms with Crippen LogP contribution in [0.15, 0.2) is 60.7 Å². The molecule has 0 saturated carbocycles. The fourth-order valence-corrected chi connectivity index (χ4v) is 2.28. The number of allylic oxidation sites excluding steroid dienone is 1. The van der Waals surface area contributed by atoms with Crippen molar-refractivity contribution in [3.63, 3.8) is 0 Å². The van der Waals surface area contributed by atoms with Crippen molar-refractivity contribution >= 4 is 11.5 Å². The average molecular weight is 252 g/mol. The van der Waals surface area contributed by atoms with E-state index in [-0.39, 0.29) is 13.1 Å². The molecule has 0 saturated heterocycles. The Hall–Kier alpha value is -2.35. The molecule has 2 nitrogen and oxygen atoms in total. The van der Waals surface area contributed by atoms with E-state index in [1.807, 2.05) is 61.5 Å². The maximum absolute atomic E-state index is 12.0. The summed E-state index contributed by atoms with van der Waals surface area (Å²) in [6.07, 6.45) is 1.60. The fourth-order valence-electron chi connectivity index (χ4n) is 2.28. The van der Waals surface area contributed by atoms with Gasteiger partial charge >= 0.3 is 0 Å². The minimum atomic E-state index is -0.0978. The zero-order valence-corrected chi connectivity index (χ0v) is 10.7. The summed E-state index contributed by atoms with van der Waals surface area (Å²) < 4.78 is 5.84. The topological polar surface area (TPSA) is 26.3 Å². The molecular formula is C17H16O2. The van der Waals surface area contributed by atoms with Gasteiger partial charge in [0.05, 0.1) is 0 Å². The lowest BCUT2D eigenvalue weighted by atomic mass is 9.86. The van der Waals surface area contributed by atoms with Crippen molar-refractivity contribution < 1.29 is 11.0 Å². The van der Waals surface area contributed by atoms with E-state index < -0.39 is 0 Å². The number of para-hydroxylation sites is 1. The van der Waals surface area contributed by atoms with Gasteiger partial charge in [0.1, 0.15) is 11.5 Å². The second kappa shape index (κ2) is 4.73. The molecule has 3 rings (SSSR count). The lowest BCUT2D eigenvalue weighted by Gasteiger charge is -2.21. The Morgan fingerprint density at radius 1 is 1.00 bits per heavy atom. The van der Waals surface area contributed by atoms with E-state index in [0.29, 0.717) is 5.76 Å². The van der Waals surface area contributed by atoms with Crippen LogP contribution >= 0.6 is 0 Å². The van der Waals surface area contributed by atoms with Crippen molar-refractivity contribution in [2.45, 2.75) is 12.8 Å². The molecule has 1 aliphatic carbocycles. The molecule has 0 fully saturated rings. The van der Waals surface area contributed by atoms with Crippen LogP contribution in [0, 0.1) is 0 Å². The van der Waals surface area contributed by atoms with Crippen LogP contribution < -0.4 is 4.74 Å². The molecule has 0 aliphatic heterocycles. The molecule has 2 aromatic rings. The number of benzene rings is 2. The highest BCUT2D eigenvalue weighted by Crippen LogP contribution is 2.33. The maximum atomic E-state index is 12.0. The Labute approximate surface area is 113 Å². The molecule has 1 aliphatic rings. The van der Waals surface area contributed by atoms with Gasteiger partial charge in [0.25, 0.3) is 0 Å². The first-order chi connectivity index (χ1) is 9.25. The largest absolute Gasteiger partial charge is 0.457 e. The third-order valence-electron chi connectivity index (χ3n) is 3.36. The minimum Gasteiger partial charge on any atom is -0.457 e. The summed E-state index contributed by atoms with van der Waals surface area (Å²) in [5.74, 6) is 1.36. The summed E-state index contributed by atoms with van der Waals surface area (Å²) in [7, 11) is 0. The van der Waals surface area contributed by atoms with Crippen LogP contribution in [-0.4, -0.2) is 5.78 Å². The number of ketones is 1. The predicted molar refractivity (Wildman–Crippen MR) is 77.0 cm³/mol. The van der Waals surface area contributed by atoms with Gasteiger partial charge in [0.15, 0.2) is 5.78 Å². The highest BCUT2D eigenvalue weighted by molar-refractivity contribution is 6.03. The number of carbonyl (C=O) groups is 1. The van der Waals surface area contributed by atoms with Gasteiger partial charge < -0.3 is 4.74 Å². The Morgan fingerprint density at radius 3 is 2.47 bits per heavy atom. The molecule has 0 heterocycles. The van der Waals surface area contributed by atoms with Gasteiger partial charge in [-0.1, -0.05) is 49.4 Å². The van der Waals surface area contributed by atoms with E-state index >= 15 is 0 Å². The number of hydrogen-bond donors (Lipinski definition) is 0. The number of ether oxygens (including phenoxy) is 1. The molecule has 19 heavy (non-hydrogen) atoms. The van der Waals surface area contributed by atoms with E-state index in [9.17, 15) is 4.79 Å². The Bertz CT molecular complexity index is 647. The first kappa shape index (κ1) is 11.7. The van der Waals surface area contributed by atoms with E-state index in [1.54, 1.807) is 6.08 Å². The normalized spacial score (nSPS) is 17.6. The summed E-state index contributed by atoms with van der Waals surface area (Å²) in [6, 6.07) is 17.4. The highest BCUT2D eigenvalue weighted by atomic mass is 16.5. The van der Waals surface area contributed by atoms with E-state index in [0.717, 1.165) is 16.9 Å². The summed E-state index contributed by atoms with van der Waals surface area (Å²) >= 11 is 0. The van der Waals surface area contributed by atoms with Crippen molar-refractivity contribution in [1.29, 1.82) is 0 Å². The zero-order valence-electron chi connectivity index (χ0n) is 10.7. The zero-order chi connectivity index (χ0) is 13.2. The first-order valence-electron chi connectivity index (χ1n) is 6.33. The highest BCUT2D eigenvalue weighted by Gasteiger charge is 2.25. The SMILES string of the molecule is CC1C(=O)C=C(Oc2ccccc2)c2ccccc21.[HH]. The first-order valence-corrected chi connectivity index (χ1v) is 6.33. The van der Waals surface area contributed by atoms with Crippen LogP contribution in [0.25, 0.3) is 5.76 Å². The summed E-state index contributed by atoms with van der Waals surface area (Å²) in [5, 5.41) is 0. The number of rotatable bonds is 2. The molecule has 0 amide bonds. The van der Waals surface area contributed by atoms with Crippen LogP contribution in [0.4, 0.5) is 0 Å². The van der Waals surface area contributed by atoms with Gasteiger partial charge in [-0.15, -0.1) is 0 Å². The Morgan fingerprint density at radius 2 is 1.68 bits per heavy atom. The molecular weight excluding hydrogens is 236 g/mol. The molecule has 96 valence electrons. The summed E-state index contributed by atoms with van der Waals surface area (Å²) in [5.41, 5.74) is 2.03. The predicted octanol–water partition coefficient (Wildman–Crippen LogP) is 4.04. The molecule has 0 N–H and O–H groups in total. The lowest BCUT2D eigenvalue weighted by Crippen LogP contribution is -2.16. The molecule has 2 aromatic carbocycles. The van der Waals surface area contributed by atoms with E-state index in [4.69, 9.17) is 4.74 Å². The van der Waals surface area contributed by atoms with Crippen molar-refractivity contribution in [2.75, 3.05) is 0 Å². The van der Waals surface area contributed by atoms with Crippen molar-refractivity contribution in [1.82, 2.24) is 0 Å². The standard InChI is InChI=1S/C17H14O2.H2/c1-12-14-9-5-6-10-15(14)17(11-16(12)18)19-13-7-3-2-4-8-13;/h2-12H,1H3;1H. The molecule has 0 spiro atoms. The van der Waals surface area contributed by atoms with Crippen LogP contribution in [0.5, 0.6) is 5.75 Å². The van der Waals surface area contributed by atoms with Crippen LogP contribution in [0.2, 0.25) is 0 Å². The molecule has 1 atom stereocenters. The van der Waals surface area contributed by atoms with Crippen LogP contribution in [-0.2, 0) is 4.79 Å². The summed E-state index contributed by atoms with van der Waals surface area (Å²) in [4.78, 5) is 12.0. The summed E-state index contributed by atoms with van der Waals surface area (Å²) in [6.45, 7) is 1.93. The molecule has 0 bridgehead atoms. The van der Waals surface area contributed by atoms with E-state index in [2.05, 4.69) is 0 Å². The molecule has 1 unspecified atom stereocenters. The van der Waals surface area contributed by atoms with Gasteiger partial charge in [0.2, 0.25) is 0 Å². The van der Waals surface area contributed by atoms with E-state index in [1.165, 1.54) is 0 Å². The minimum absolute atomic E-state index is 0. The second-order valence-electron chi connectivity index (χ2n) is 4.64. The van der Waals surface area contributed by atoms with Gasteiger partial charge in [-0.3, -0.25) is 4.79 Å². The maximum Gasteiger partial charge on any atom is 0.166 e. The van der Waals surface area contributed by atoms with Gasteiger partial charge in [-0.25, -0.2) is 0 Å². The number of fused-ring (bicyclic) bond motifs is 1. The van der Waals surface area contributed by atoms with Gasteiger partial charge in [-0.2, -0.15) is 0 Å². The quantitative estimate of drug-likeness (QED) is 0.806. The second-order valence-corrected chi connectivity index (χ2v) is 4.64. The Kier molecular flexibility index (Phi) is 2.92. The third kappa shape index (κ3) is 2.17. The molecule has 0 radical (unpaired) electrons. The smallest absolute Gasteiger partial charge is 0.166 e. The van der Waals surface area contributed by atoms with Crippen molar-refractivity contribution in [3.8, 4) is 5.75 Å². The molecule has 0 aromatic heterocycles. The van der Waals surface area contributed by atoms with Crippen LogP contribution in [0.3, 0.4) is 0 Å². The van der Waals surface area contributed by atoms with Crippen molar-refractivity contribution in [3.05, 3.63) is 71.8 Å². The molecule has 2 heteroatoms. The lowest BCUT2D eigenvalue weighted by molar-refractivity contribution is -0.115. The average Bonchev–Trinajstić information content (AvgIpc) is 2.46. The number of carbonyl (C=O) groups excluding carboxylic acids is 1. The monoisotopic (exact) mass is 252 g/mol. The number of hydrogen-bond acceptors (Lipinski definition) is 2. The Balaban J connectivity index is 0.00000147. The van der Waals surface area contributed by atoms with Crippen LogP contribution in [0.1, 0.15) is 25.4 Å². The third-order valence-corrected chi connectivity index (χ3v) is 3.36. The fraction of sp³-hybridized carbons (Fsp3) is 0.118. The van der Waals surface area contributed by atoms with Gasteiger partial charge in [-0.05, 0) is 17.7 Å².